The number of halogens is 1. The first-order chi connectivity index (χ1) is 13.4. The number of aromatic nitrogens is 2. The molecular formula is C20H18ClN3O4. The van der Waals surface area contributed by atoms with E-state index in [-0.39, 0.29) is 18.1 Å². The van der Waals surface area contributed by atoms with Gasteiger partial charge in [-0.2, -0.15) is 5.10 Å². The molecule has 8 heteroatoms. The zero-order valence-electron chi connectivity index (χ0n) is 15.1. The van der Waals surface area contributed by atoms with Crippen molar-refractivity contribution in [3.05, 3.63) is 59.4 Å². The zero-order valence-corrected chi connectivity index (χ0v) is 15.9. The summed E-state index contributed by atoms with van der Waals surface area (Å²) < 4.78 is 7.10. The van der Waals surface area contributed by atoms with Crippen LogP contribution in [0.2, 0.25) is 5.02 Å². The summed E-state index contributed by atoms with van der Waals surface area (Å²) in [7, 11) is 0. The predicted octanol–water partition coefficient (Wildman–Crippen LogP) is 3.72. The van der Waals surface area contributed by atoms with Crippen LogP contribution in [0.1, 0.15) is 23.8 Å². The molecule has 0 saturated carbocycles. The van der Waals surface area contributed by atoms with E-state index in [4.69, 9.17) is 16.0 Å². The van der Waals surface area contributed by atoms with Crippen LogP contribution in [0, 0.1) is 5.41 Å². The van der Waals surface area contributed by atoms with Crippen molar-refractivity contribution >= 4 is 23.5 Å². The molecule has 0 spiro atoms. The summed E-state index contributed by atoms with van der Waals surface area (Å²) in [5.74, 6) is -0.648. The monoisotopic (exact) mass is 399 g/mol. The fourth-order valence-corrected chi connectivity index (χ4v) is 3.55. The molecule has 0 radical (unpaired) electrons. The Bertz CT molecular complexity index is 1040. The maximum Gasteiger partial charge on any atom is 0.311 e. The summed E-state index contributed by atoms with van der Waals surface area (Å²) >= 11 is 6.11. The Balaban J connectivity index is 1.72. The number of aliphatic carboxylic acids is 1. The number of carbonyl (C=O) groups excluding carboxylic acids is 1. The van der Waals surface area contributed by atoms with E-state index in [9.17, 15) is 14.7 Å². The first-order valence-corrected chi connectivity index (χ1v) is 9.18. The van der Waals surface area contributed by atoms with Gasteiger partial charge in [0.2, 0.25) is 0 Å². The van der Waals surface area contributed by atoms with Crippen LogP contribution in [-0.4, -0.2) is 44.8 Å². The van der Waals surface area contributed by atoms with E-state index in [1.807, 2.05) is 6.07 Å². The quantitative estimate of drug-likeness (QED) is 0.722. The normalized spacial score (nSPS) is 19.1. The Morgan fingerprint density at radius 1 is 1.25 bits per heavy atom. The summed E-state index contributed by atoms with van der Waals surface area (Å²) in [5.41, 5.74) is 0.584. The fraction of sp³-hybridized carbons (Fsp3) is 0.250. The second-order valence-corrected chi connectivity index (χ2v) is 7.56. The van der Waals surface area contributed by atoms with Gasteiger partial charge < -0.3 is 14.4 Å². The summed E-state index contributed by atoms with van der Waals surface area (Å²) in [6.45, 7) is 2.19. The van der Waals surface area contributed by atoms with Crippen LogP contribution < -0.4 is 0 Å². The average molecular weight is 400 g/mol. The van der Waals surface area contributed by atoms with Gasteiger partial charge in [-0.1, -0.05) is 17.7 Å². The van der Waals surface area contributed by atoms with Crippen LogP contribution >= 0.6 is 11.6 Å². The first kappa shape index (κ1) is 18.3. The molecule has 28 heavy (non-hydrogen) atoms. The van der Waals surface area contributed by atoms with E-state index in [0.717, 1.165) is 0 Å². The Morgan fingerprint density at radius 3 is 2.71 bits per heavy atom. The third-order valence-corrected chi connectivity index (χ3v) is 5.27. The lowest BCUT2D eigenvalue weighted by Crippen LogP contribution is -2.35. The maximum atomic E-state index is 13.0. The molecule has 144 valence electrons. The molecule has 4 rings (SSSR count). The summed E-state index contributed by atoms with van der Waals surface area (Å²) in [5, 5.41) is 14.4. The lowest BCUT2D eigenvalue weighted by molar-refractivity contribution is -0.147. The van der Waals surface area contributed by atoms with Crippen molar-refractivity contribution in [3.8, 4) is 17.1 Å². The largest absolute Gasteiger partial charge is 0.481 e. The van der Waals surface area contributed by atoms with E-state index in [1.165, 1.54) is 4.90 Å². The molecule has 2 aromatic heterocycles. The van der Waals surface area contributed by atoms with E-state index in [0.29, 0.717) is 35.1 Å². The lowest BCUT2D eigenvalue weighted by atomic mass is 9.90. The number of hydrogen-bond acceptors (Lipinski definition) is 4. The van der Waals surface area contributed by atoms with Gasteiger partial charge in [-0.3, -0.25) is 9.59 Å². The molecule has 3 heterocycles. The number of rotatable bonds is 4. The number of nitrogens with zero attached hydrogens (tertiary/aromatic N) is 3. The van der Waals surface area contributed by atoms with Crippen molar-refractivity contribution in [2.75, 3.05) is 13.1 Å². The Labute approximate surface area is 166 Å². The minimum absolute atomic E-state index is 0.154. The highest BCUT2D eigenvalue weighted by Gasteiger charge is 2.42. The van der Waals surface area contributed by atoms with Crippen LogP contribution in [-0.2, 0) is 4.79 Å². The second kappa shape index (κ2) is 6.83. The highest BCUT2D eigenvalue weighted by atomic mass is 35.5. The van der Waals surface area contributed by atoms with Gasteiger partial charge in [0.05, 0.1) is 17.4 Å². The van der Waals surface area contributed by atoms with E-state index in [1.54, 1.807) is 54.3 Å². The van der Waals surface area contributed by atoms with Gasteiger partial charge in [-0.05, 0) is 43.7 Å². The number of carboxylic acid groups (broad SMARTS) is 1. The van der Waals surface area contributed by atoms with E-state index >= 15 is 0 Å². The minimum Gasteiger partial charge on any atom is -0.481 e. The van der Waals surface area contributed by atoms with E-state index in [2.05, 4.69) is 5.10 Å². The Hall–Kier alpha value is -3.06. The number of likely N-dealkylation sites (tertiary alicyclic amines) is 1. The third-order valence-electron chi connectivity index (χ3n) is 5.03. The van der Waals surface area contributed by atoms with Crippen molar-refractivity contribution in [1.82, 2.24) is 14.7 Å². The molecule has 1 saturated heterocycles. The van der Waals surface area contributed by atoms with Gasteiger partial charge in [0.15, 0.2) is 11.5 Å². The first-order valence-electron chi connectivity index (χ1n) is 8.80. The van der Waals surface area contributed by atoms with Crippen LogP contribution in [0.25, 0.3) is 17.1 Å². The average Bonchev–Trinajstić information content (AvgIpc) is 3.40. The van der Waals surface area contributed by atoms with Crippen molar-refractivity contribution in [3.63, 3.8) is 0 Å². The molecule has 1 atom stereocenters. The Kier molecular flexibility index (Phi) is 4.47. The maximum absolute atomic E-state index is 13.0. The van der Waals surface area contributed by atoms with Crippen LogP contribution in [0.4, 0.5) is 0 Å². The zero-order chi connectivity index (χ0) is 19.9. The minimum atomic E-state index is -0.935. The molecule has 1 amide bonds. The number of hydrogen-bond donors (Lipinski definition) is 1. The van der Waals surface area contributed by atoms with Crippen molar-refractivity contribution < 1.29 is 19.1 Å². The van der Waals surface area contributed by atoms with Crippen molar-refractivity contribution in [1.29, 1.82) is 0 Å². The molecule has 3 aromatic rings. The van der Waals surface area contributed by atoms with E-state index < -0.39 is 11.4 Å². The van der Waals surface area contributed by atoms with Gasteiger partial charge in [0, 0.05) is 24.2 Å². The number of furan rings is 1. The number of carboxylic acids is 1. The topological polar surface area (TPSA) is 88.6 Å². The summed E-state index contributed by atoms with van der Waals surface area (Å²) in [6, 6.07) is 12.3. The molecule has 1 unspecified atom stereocenters. The van der Waals surface area contributed by atoms with Gasteiger partial charge in [-0.15, -0.1) is 0 Å². The van der Waals surface area contributed by atoms with Gasteiger partial charge in [0.25, 0.3) is 5.91 Å². The Morgan fingerprint density at radius 2 is 2.07 bits per heavy atom. The predicted molar refractivity (Wildman–Crippen MR) is 103 cm³/mol. The van der Waals surface area contributed by atoms with Crippen molar-refractivity contribution in [2.24, 2.45) is 5.41 Å². The molecule has 1 aliphatic rings. The van der Waals surface area contributed by atoms with Gasteiger partial charge in [0.1, 0.15) is 5.69 Å². The van der Waals surface area contributed by atoms with Crippen LogP contribution in [0.15, 0.2) is 53.1 Å². The fourth-order valence-electron chi connectivity index (χ4n) is 3.36. The second-order valence-electron chi connectivity index (χ2n) is 7.13. The van der Waals surface area contributed by atoms with Crippen LogP contribution in [0.3, 0.4) is 0 Å². The molecule has 7 nitrogen and oxygen atoms in total. The third kappa shape index (κ3) is 3.18. The van der Waals surface area contributed by atoms with Gasteiger partial charge >= 0.3 is 5.97 Å². The molecule has 1 aromatic carbocycles. The SMILES string of the molecule is CC1(C(=O)O)CCN(C(=O)c2cc(-c3ccco3)n(-c3cccc(Cl)c3)n2)C1. The van der Waals surface area contributed by atoms with Gasteiger partial charge in [-0.25, -0.2) is 4.68 Å². The molecule has 1 fully saturated rings. The molecule has 1 aliphatic heterocycles. The standard InChI is InChI=1S/C20H18ClN3O4/c1-20(19(26)27)7-8-23(12-20)18(25)15-11-16(17-6-3-9-28-17)24(22-15)14-5-2-4-13(21)10-14/h2-6,9-11H,7-8,12H2,1H3,(H,26,27). The molecule has 0 bridgehead atoms. The molecule has 1 N–H and O–H groups in total. The highest BCUT2D eigenvalue weighted by molar-refractivity contribution is 6.30. The van der Waals surface area contributed by atoms with Crippen LogP contribution in [0.5, 0.6) is 0 Å². The summed E-state index contributed by atoms with van der Waals surface area (Å²) in [4.78, 5) is 26.0. The number of carbonyl (C=O) groups is 2. The summed E-state index contributed by atoms with van der Waals surface area (Å²) in [6.07, 6.45) is 1.96. The molecule has 0 aliphatic carbocycles. The smallest absolute Gasteiger partial charge is 0.311 e. The molecular weight excluding hydrogens is 382 g/mol. The van der Waals surface area contributed by atoms with Crippen molar-refractivity contribution in [2.45, 2.75) is 13.3 Å². The lowest BCUT2D eigenvalue weighted by Gasteiger charge is -2.19. The number of amides is 1. The number of benzene rings is 1. The highest BCUT2D eigenvalue weighted by Crippen LogP contribution is 2.32.